The van der Waals surface area contributed by atoms with Crippen LogP contribution >= 0.6 is 0 Å². The second kappa shape index (κ2) is 5.96. The number of rotatable bonds is 3. The molecule has 0 aliphatic heterocycles. The van der Waals surface area contributed by atoms with Crippen molar-refractivity contribution in [1.82, 2.24) is 0 Å². The third kappa shape index (κ3) is 3.05. The van der Waals surface area contributed by atoms with Gasteiger partial charge in [-0.2, -0.15) is 0 Å². The van der Waals surface area contributed by atoms with Crippen LogP contribution in [0.5, 0.6) is 0 Å². The van der Waals surface area contributed by atoms with E-state index < -0.39 is 0 Å². The molecule has 0 fully saturated rings. The number of nitrogens with one attached hydrogen (secondary N) is 1. The van der Waals surface area contributed by atoms with Crippen molar-refractivity contribution in [3.05, 3.63) is 71.3 Å². The average Bonchev–Trinajstić information content (AvgIpc) is 3.02. The van der Waals surface area contributed by atoms with Crippen molar-refractivity contribution in [1.29, 1.82) is 0 Å². The highest BCUT2D eigenvalue weighted by Crippen LogP contribution is 2.32. The summed E-state index contributed by atoms with van der Waals surface area (Å²) >= 11 is 0. The minimum Gasteiger partial charge on any atom is -0.321 e. The first-order valence-electron chi connectivity index (χ1n) is 7.40. The topological polar surface area (TPSA) is 29.1 Å². The van der Waals surface area contributed by atoms with Crippen LogP contribution in [0, 0.1) is 6.92 Å². The average molecular weight is 277 g/mol. The summed E-state index contributed by atoms with van der Waals surface area (Å²) < 4.78 is 0. The van der Waals surface area contributed by atoms with E-state index >= 15 is 0 Å². The Morgan fingerprint density at radius 2 is 1.81 bits per heavy atom. The number of amides is 1. The van der Waals surface area contributed by atoms with Gasteiger partial charge < -0.3 is 5.32 Å². The first-order valence-corrected chi connectivity index (χ1v) is 7.40. The number of allylic oxidation sites excluding steroid dienone is 2. The molecule has 0 atom stereocenters. The van der Waals surface area contributed by atoms with Gasteiger partial charge in [0.2, 0.25) is 0 Å². The summed E-state index contributed by atoms with van der Waals surface area (Å²) in [6.45, 7) is 2.02. The molecule has 3 rings (SSSR count). The molecule has 0 heterocycles. The molecule has 0 spiro atoms. The summed E-state index contributed by atoms with van der Waals surface area (Å²) in [5.41, 5.74) is 5.24. The number of hydrogen-bond donors (Lipinski definition) is 1. The number of aryl methyl sites for hydroxylation is 1. The van der Waals surface area contributed by atoms with Gasteiger partial charge in [-0.05, 0) is 50.0 Å². The Morgan fingerprint density at radius 3 is 2.52 bits per heavy atom. The van der Waals surface area contributed by atoms with E-state index in [1.165, 1.54) is 12.0 Å². The smallest absolute Gasteiger partial charge is 0.255 e. The van der Waals surface area contributed by atoms with Crippen molar-refractivity contribution in [3.63, 3.8) is 0 Å². The minimum atomic E-state index is -0.0546. The van der Waals surface area contributed by atoms with Gasteiger partial charge >= 0.3 is 0 Å². The second-order valence-electron chi connectivity index (χ2n) is 5.49. The zero-order valence-corrected chi connectivity index (χ0v) is 12.2. The minimum absolute atomic E-state index is 0.0546. The normalized spacial score (nSPS) is 13.9. The molecule has 106 valence electrons. The number of para-hydroxylation sites is 1. The Labute approximate surface area is 125 Å². The molecule has 0 radical (unpaired) electrons. The first-order chi connectivity index (χ1) is 10.2. The zero-order valence-electron chi connectivity index (χ0n) is 12.2. The van der Waals surface area contributed by atoms with E-state index in [9.17, 15) is 4.79 Å². The van der Waals surface area contributed by atoms with E-state index in [1.54, 1.807) is 0 Å². The number of carbonyl (C=O) groups is 1. The molecular formula is C19H19NO. The largest absolute Gasteiger partial charge is 0.321 e. The highest BCUT2D eigenvalue weighted by atomic mass is 16.1. The monoisotopic (exact) mass is 277 g/mol. The van der Waals surface area contributed by atoms with Crippen molar-refractivity contribution in [2.75, 3.05) is 5.32 Å². The van der Waals surface area contributed by atoms with Gasteiger partial charge in [-0.25, -0.2) is 0 Å². The van der Waals surface area contributed by atoms with Gasteiger partial charge in [0.25, 0.3) is 5.91 Å². The van der Waals surface area contributed by atoms with Crippen LogP contribution in [-0.4, -0.2) is 5.91 Å². The van der Waals surface area contributed by atoms with E-state index in [1.807, 2.05) is 49.4 Å². The van der Waals surface area contributed by atoms with Gasteiger partial charge in [0.05, 0.1) is 0 Å². The van der Waals surface area contributed by atoms with Crippen molar-refractivity contribution < 1.29 is 4.79 Å². The molecule has 1 aliphatic carbocycles. The number of carbonyl (C=O) groups excluding carboxylic acids is 1. The van der Waals surface area contributed by atoms with Crippen molar-refractivity contribution >= 4 is 17.2 Å². The van der Waals surface area contributed by atoms with Crippen LogP contribution in [0.4, 0.5) is 5.69 Å². The van der Waals surface area contributed by atoms with Gasteiger partial charge in [-0.3, -0.25) is 4.79 Å². The van der Waals surface area contributed by atoms with Crippen LogP contribution in [0.25, 0.3) is 5.57 Å². The molecule has 2 aromatic rings. The molecule has 2 heteroatoms. The fourth-order valence-corrected chi connectivity index (χ4v) is 2.69. The van der Waals surface area contributed by atoms with Crippen LogP contribution in [0.1, 0.15) is 40.7 Å². The van der Waals surface area contributed by atoms with Crippen LogP contribution in [0.3, 0.4) is 0 Å². The van der Waals surface area contributed by atoms with Crippen LogP contribution in [0.15, 0.2) is 54.6 Å². The van der Waals surface area contributed by atoms with Crippen molar-refractivity contribution in [2.24, 2.45) is 0 Å². The molecule has 0 bridgehead atoms. The summed E-state index contributed by atoms with van der Waals surface area (Å²) in [6.07, 6.45) is 5.71. The third-order valence-electron chi connectivity index (χ3n) is 3.88. The van der Waals surface area contributed by atoms with Crippen LogP contribution < -0.4 is 5.32 Å². The standard InChI is InChI=1S/C19H19NO/c1-14-10-12-16(13-11-14)19(21)20-18-9-5-4-8-17(18)15-6-2-3-7-15/h4-6,8-13H,2-3,7H2,1H3,(H,20,21). The van der Waals surface area contributed by atoms with E-state index in [4.69, 9.17) is 0 Å². The van der Waals surface area contributed by atoms with E-state index in [0.717, 1.165) is 29.7 Å². The van der Waals surface area contributed by atoms with Gasteiger partial charge in [-0.1, -0.05) is 42.0 Å². The lowest BCUT2D eigenvalue weighted by Crippen LogP contribution is -2.13. The molecule has 0 saturated heterocycles. The predicted molar refractivity (Wildman–Crippen MR) is 87.4 cm³/mol. The number of anilines is 1. The second-order valence-corrected chi connectivity index (χ2v) is 5.49. The maximum absolute atomic E-state index is 12.4. The van der Waals surface area contributed by atoms with Gasteiger partial charge in [0, 0.05) is 16.8 Å². The molecule has 21 heavy (non-hydrogen) atoms. The summed E-state index contributed by atoms with van der Waals surface area (Å²) in [5.74, 6) is -0.0546. The summed E-state index contributed by atoms with van der Waals surface area (Å²) in [5, 5.41) is 3.04. The molecule has 2 nitrogen and oxygen atoms in total. The highest BCUT2D eigenvalue weighted by Gasteiger charge is 2.13. The Balaban J connectivity index is 1.84. The summed E-state index contributed by atoms with van der Waals surface area (Å²) in [6, 6.07) is 15.7. The fourth-order valence-electron chi connectivity index (χ4n) is 2.69. The maximum atomic E-state index is 12.4. The Hall–Kier alpha value is -2.35. The highest BCUT2D eigenvalue weighted by molar-refractivity contribution is 6.05. The lowest BCUT2D eigenvalue weighted by Gasteiger charge is -2.12. The fraction of sp³-hybridized carbons (Fsp3) is 0.211. The summed E-state index contributed by atoms with van der Waals surface area (Å²) in [4.78, 5) is 12.4. The van der Waals surface area contributed by atoms with Gasteiger partial charge in [0.1, 0.15) is 0 Å². The quantitative estimate of drug-likeness (QED) is 0.856. The molecule has 0 aromatic heterocycles. The molecule has 1 aliphatic rings. The molecule has 0 saturated carbocycles. The van der Waals surface area contributed by atoms with E-state index in [0.29, 0.717) is 5.56 Å². The lowest BCUT2D eigenvalue weighted by atomic mass is 10.0. The lowest BCUT2D eigenvalue weighted by molar-refractivity contribution is 0.102. The molecular weight excluding hydrogens is 258 g/mol. The van der Waals surface area contributed by atoms with Crippen LogP contribution in [0.2, 0.25) is 0 Å². The Bertz CT molecular complexity index is 683. The predicted octanol–water partition coefficient (Wildman–Crippen LogP) is 4.81. The van der Waals surface area contributed by atoms with Crippen molar-refractivity contribution in [3.8, 4) is 0 Å². The Kier molecular flexibility index (Phi) is 3.87. The summed E-state index contributed by atoms with van der Waals surface area (Å²) in [7, 11) is 0. The Morgan fingerprint density at radius 1 is 1.05 bits per heavy atom. The van der Waals surface area contributed by atoms with Crippen molar-refractivity contribution in [2.45, 2.75) is 26.2 Å². The SMILES string of the molecule is Cc1ccc(C(=O)Nc2ccccc2C2=CCCC2)cc1. The van der Waals surface area contributed by atoms with E-state index in [2.05, 4.69) is 17.5 Å². The third-order valence-corrected chi connectivity index (χ3v) is 3.88. The van der Waals surface area contributed by atoms with Crippen LogP contribution in [-0.2, 0) is 0 Å². The first kappa shape index (κ1) is 13.6. The van der Waals surface area contributed by atoms with E-state index in [-0.39, 0.29) is 5.91 Å². The molecule has 1 amide bonds. The number of benzene rings is 2. The van der Waals surface area contributed by atoms with Gasteiger partial charge in [-0.15, -0.1) is 0 Å². The van der Waals surface area contributed by atoms with Gasteiger partial charge in [0.15, 0.2) is 0 Å². The molecule has 2 aromatic carbocycles. The zero-order chi connectivity index (χ0) is 14.7. The maximum Gasteiger partial charge on any atom is 0.255 e. The molecule has 1 N–H and O–H groups in total. The molecule has 0 unspecified atom stereocenters. The number of hydrogen-bond acceptors (Lipinski definition) is 1.